The number of carbonyl (C=O) groups excluding carboxylic acids is 1. The number of benzene rings is 1. The van der Waals surface area contributed by atoms with Gasteiger partial charge in [0.25, 0.3) is 0 Å². The van der Waals surface area contributed by atoms with Gasteiger partial charge in [-0.15, -0.1) is 11.3 Å². The number of thiophene rings is 1. The van der Waals surface area contributed by atoms with Crippen LogP contribution in [-0.4, -0.2) is 25.3 Å². The summed E-state index contributed by atoms with van der Waals surface area (Å²) in [4.78, 5) is 19.2. The molecule has 4 nitrogen and oxygen atoms in total. The van der Waals surface area contributed by atoms with Crippen LogP contribution in [0.3, 0.4) is 0 Å². The van der Waals surface area contributed by atoms with Gasteiger partial charge in [0.1, 0.15) is 5.00 Å². The molecule has 2 rings (SSSR count). The quantitative estimate of drug-likeness (QED) is 0.795. The molecule has 0 saturated carbocycles. The average Bonchev–Trinajstić information content (AvgIpc) is 3.00. The normalized spacial score (nSPS) is 10.3. The minimum Gasteiger partial charge on any atom is -0.273 e. The van der Waals surface area contributed by atoms with E-state index in [4.69, 9.17) is 4.84 Å². The van der Waals surface area contributed by atoms with Crippen LogP contribution in [0.25, 0.3) is 0 Å². The molecule has 1 heterocycles. The maximum Gasteiger partial charge on any atom is 0.353 e. The Balaban J connectivity index is 2.43. The van der Waals surface area contributed by atoms with Crippen LogP contribution < -0.4 is 4.90 Å². The fraction of sp³-hybridized carbons (Fsp3) is 0.267. The molecule has 0 atom stereocenters. The van der Waals surface area contributed by atoms with Gasteiger partial charge in [-0.1, -0.05) is 19.1 Å². The van der Waals surface area contributed by atoms with Crippen molar-refractivity contribution in [3.63, 3.8) is 0 Å². The van der Waals surface area contributed by atoms with Gasteiger partial charge in [-0.05, 0) is 41.6 Å². The molecule has 0 fully saturated rings. The first-order valence-electron chi connectivity index (χ1n) is 6.41. The molecule has 0 radical (unpaired) electrons. The van der Waals surface area contributed by atoms with Crippen molar-refractivity contribution in [2.45, 2.75) is 13.3 Å². The van der Waals surface area contributed by atoms with Crippen LogP contribution in [0, 0.1) is 0 Å². The van der Waals surface area contributed by atoms with Gasteiger partial charge >= 0.3 is 6.03 Å². The molecule has 1 aromatic carbocycles. The summed E-state index contributed by atoms with van der Waals surface area (Å²) < 4.78 is 0. The monoisotopic (exact) mass is 290 g/mol. The van der Waals surface area contributed by atoms with Crippen LogP contribution in [0.4, 0.5) is 15.5 Å². The number of anilines is 2. The van der Waals surface area contributed by atoms with Crippen molar-refractivity contribution < 1.29 is 9.63 Å². The van der Waals surface area contributed by atoms with E-state index in [2.05, 4.69) is 13.0 Å². The van der Waals surface area contributed by atoms with Gasteiger partial charge in [-0.25, -0.2) is 9.86 Å². The molecule has 0 bridgehead atoms. The van der Waals surface area contributed by atoms with Gasteiger partial charge < -0.3 is 0 Å². The van der Waals surface area contributed by atoms with Crippen LogP contribution in [0.5, 0.6) is 0 Å². The van der Waals surface area contributed by atoms with Crippen LogP contribution in [0.15, 0.2) is 41.8 Å². The minimum atomic E-state index is -0.219. The van der Waals surface area contributed by atoms with Crippen molar-refractivity contribution in [2.75, 3.05) is 19.1 Å². The Morgan fingerprint density at radius 1 is 1.30 bits per heavy atom. The van der Waals surface area contributed by atoms with E-state index in [1.54, 1.807) is 11.9 Å². The van der Waals surface area contributed by atoms with Gasteiger partial charge in [0.15, 0.2) is 0 Å². The highest BCUT2D eigenvalue weighted by Gasteiger charge is 2.22. The fourth-order valence-electron chi connectivity index (χ4n) is 1.86. The van der Waals surface area contributed by atoms with E-state index in [1.807, 2.05) is 35.7 Å². The molecule has 5 heteroatoms. The first-order chi connectivity index (χ1) is 9.67. The molecule has 2 amide bonds. The maximum atomic E-state index is 12.5. The van der Waals surface area contributed by atoms with Crippen molar-refractivity contribution in [3.8, 4) is 0 Å². The van der Waals surface area contributed by atoms with Crippen molar-refractivity contribution in [1.29, 1.82) is 0 Å². The summed E-state index contributed by atoms with van der Waals surface area (Å²) in [6.45, 7) is 2.09. The minimum absolute atomic E-state index is 0.219. The Labute approximate surface area is 123 Å². The molecule has 20 heavy (non-hydrogen) atoms. The number of hydrogen-bond donors (Lipinski definition) is 0. The SMILES string of the molecule is CCc1cccc(N(C(=O)N(C)OC)c2cccs2)c1. The van der Waals surface area contributed by atoms with Crippen molar-refractivity contribution in [1.82, 2.24) is 5.06 Å². The number of amides is 2. The second kappa shape index (κ2) is 6.54. The molecule has 0 aliphatic rings. The lowest BCUT2D eigenvalue weighted by Crippen LogP contribution is -2.37. The second-order valence-corrected chi connectivity index (χ2v) is 5.20. The first kappa shape index (κ1) is 14.6. The van der Waals surface area contributed by atoms with Crippen LogP contribution >= 0.6 is 11.3 Å². The highest BCUT2D eigenvalue weighted by Crippen LogP contribution is 2.31. The molecule has 0 aliphatic carbocycles. The van der Waals surface area contributed by atoms with Crippen molar-refractivity contribution >= 4 is 28.1 Å². The standard InChI is InChI=1S/C15H18N2O2S/c1-4-12-7-5-8-13(11-12)17(14-9-6-10-20-14)15(18)16(2)19-3/h5-11H,4H2,1-3H3. The van der Waals surface area contributed by atoms with Crippen molar-refractivity contribution in [2.24, 2.45) is 0 Å². The van der Waals surface area contributed by atoms with E-state index in [0.29, 0.717) is 0 Å². The summed E-state index contributed by atoms with van der Waals surface area (Å²) in [5.41, 5.74) is 2.04. The molecule has 106 valence electrons. The average molecular weight is 290 g/mol. The Morgan fingerprint density at radius 3 is 2.70 bits per heavy atom. The van der Waals surface area contributed by atoms with Crippen LogP contribution in [0.2, 0.25) is 0 Å². The molecule has 2 aromatic rings. The summed E-state index contributed by atoms with van der Waals surface area (Å²) in [5, 5.41) is 4.04. The summed E-state index contributed by atoms with van der Waals surface area (Å²) in [7, 11) is 3.08. The van der Waals surface area contributed by atoms with Crippen LogP contribution in [0.1, 0.15) is 12.5 Å². The lowest BCUT2D eigenvalue weighted by molar-refractivity contribution is -0.0614. The molecule has 0 saturated heterocycles. The molecule has 0 N–H and O–H groups in total. The van der Waals surface area contributed by atoms with E-state index in [0.717, 1.165) is 17.1 Å². The van der Waals surface area contributed by atoms with E-state index in [9.17, 15) is 4.79 Å². The Morgan fingerprint density at radius 2 is 2.10 bits per heavy atom. The van der Waals surface area contributed by atoms with Crippen molar-refractivity contribution in [3.05, 3.63) is 47.3 Å². The summed E-state index contributed by atoms with van der Waals surface area (Å²) in [5.74, 6) is 0. The number of urea groups is 1. The van der Waals surface area contributed by atoms with Gasteiger partial charge in [-0.2, -0.15) is 0 Å². The van der Waals surface area contributed by atoms with Gasteiger partial charge in [0, 0.05) is 7.05 Å². The third-order valence-corrected chi connectivity index (χ3v) is 3.89. The number of carbonyl (C=O) groups is 1. The molecule has 0 aliphatic heterocycles. The molecule has 0 spiro atoms. The Kier molecular flexibility index (Phi) is 4.76. The van der Waals surface area contributed by atoms with Gasteiger partial charge in [-0.3, -0.25) is 9.74 Å². The highest BCUT2D eigenvalue weighted by molar-refractivity contribution is 7.14. The third kappa shape index (κ3) is 3.00. The van der Waals surface area contributed by atoms with Gasteiger partial charge in [0.05, 0.1) is 12.8 Å². The Hall–Kier alpha value is -1.85. The number of hydroxylamine groups is 2. The smallest absolute Gasteiger partial charge is 0.273 e. The van der Waals surface area contributed by atoms with E-state index < -0.39 is 0 Å². The number of hydrogen-bond acceptors (Lipinski definition) is 3. The Bertz CT molecular complexity index is 569. The molecular formula is C15H18N2O2S. The zero-order valence-corrected chi connectivity index (χ0v) is 12.7. The predicted molar refractivity (Wildman–Crippen MR) is 82.4 cm³/mol. The number of nitrogens with zero attached hydrogens (tertiary/aromatic N) is 2. The highest BCUT2D eigenvalue weighted by atomic mass is 32.1. The fourth-order valence-corrected chi connectivity index (χ4v) is 2.61. The largest absolute Gasteiger partial charge is 0.353 e. The van der Waals surface area contributed by atoms with Crippen LogP contribution in [-0.2, 0) is 11.3 Å². The van der Waals surface area contributed by atoms with Gasteiger partial charge in [0.2, 0.25) is 0 Å². The molecule has 0 unspecified atom stereocenters. The van der Waals surface area contributed by atoms with E-state index in [1.165, 1.54) is 29.1 Å². The summed E-state index contributed by atoms with van der Waals surface area (Å²) in [6, 6.07) is 11.6. The zero-order valence-electron chi connectivity index (χ0n) is 11.9. The summed E-state index contributed by atoms with van der Waals surface area (Å²) >= 11 is 1.52. The number of aryl methyl sites for hydroxylation is 1. The lowest BCUT2D eigenvalue weighted by atomic mass is 10.1. The second-order valence-electron chi connectivity index (χ2n) is 4.27. The van der Waals surface area contributed by atoms with E-state index in [-0.39, 0.29) is 6.03 Å². The molecule has 1 aromatic heterocycles. The maximum absolute atomic E-state index is 12.5. The first-order valence-corrected chi connectivity index (χ1v) is 7.29. The zero-order chi connectivity index (χ0) is 14.5. The number of rotatable bonds is 4. The third-order valence-electron chi connectivity index (χ3n) is 3.04. The predicted octanol–water partition coefficient (Wildman–Crippen LogP) is 4.06. The molecular weight excluding hydrogens is 272 g/mol. The topological polar surface area (TPSA) is 32.8 Å². The summed E-state index contributed by atoms with van der Waals surface area (Å²) in [6.07, 6.45) is 0.931. The van der Waals surface area contributed by atoms with E-state index >= 15 is 0 Å². The lowest BCUT2D eigenvalue weighted by Gasteiger charge is -2.25.